The van der Waals surface area contributed by atoms with Crippen LogP contribution in [0.4, 0.5) is 0 Å². The molecule has 1 amide bonds. The van der Waals surface area contributed by atoms with E-state index in [4.69, 9.17) is 9.47 Å². The predicted molar refractivity (Wildman–Crippen MR) is 86.4 cm³/mol. The maximum atomic E-state index is 12.4. The summed E-state index contributed by atoms with van der Waals surface area (Å²) in [6, 6.07) is 7.56. The number of carbonyl (C=O) groups excluding carboxylic acids is 2. The summed E-state index contributed by atoms with van der Waals surface area (Å²) in [6.45, 7) is 5.17. The molecule has 1 aliphatic heterocycles. The van der Waals surface area contributed by atoms with Gasteiger partial charge in [0.05, 0.1) is 26.7 Å². The molecule has 0 atom stereocenters. The van der Waals surface area contributed by atoms with E-state index in [1.807, 2.05) is 34.1 Å². The third-order valence-corrected chi connectivity index (χ3v) is 3.87. The SMILES string of the molecule is CCOC(=O)CN1CCN(C(=O)Cc2cccc(OC)c2)CC1. The van der Waals surface area contributed by atoms with Crippen LogP contribution in [0, 0.1) is 0 Å². The summed E-state index contributed by atoms with van der Waals surface area (Å²) in [5.41, 5.74) is 0.948. The van der Waals surface area contributed by atoms with Gasteiger partial charge in [0, 0.05) is 26.2 Å². The summed E-state index contributed by atoms with van der Waals surface area (Å²) in [4.78, 5) is 27.7. The quantitative estimate of drug-likeness (QED) is 0.730. The Morgan fingerprint density at radius 3 is 2.57 bits per heavy atom. The standard InChI is InChI=1S/C17H24N2O4/c1-3-23-17(21)13-18-7-9-19(10-8-18)16(20)12-14-5-4-6-15(11-14)22-2/h4-6,11H,3,7-10,12-13H2,1-2H3. The lowest BCUT2D eigenvalue weighted by atomic mass is 10.1. The number of hydrogen-bond acceptors (Lipinski definition) is 5. The molecule has 126 valence electrons. The molecular formula is C17H24N2O4. The van der Waals surface area contributed by atoms with E-state index in [-0.39, 0.29) is 11.9 Å². The van der Waals surface area contributed by atoms with Crippen LogP contribution in [0.15, 0.2) is 24.3 Å². The molecule has 0 N–H and O–H groups in total. The van der Waals surface area contributed by atoms with Crippen molar-refractivity contribution in [1.29, 1.82) is 0 Å². The Kier molecular flexibility index (Phi) is 6.40. The fraction of sp³-hybridized carbons (Fsp3) is 0.529. The predicted octanol–water partition coefficient (Wildman–Crippen LogP) is 0.945. The Hall–Kier alpha value is -2.08. The molecule has 0 bridgehead atoms. The maximum Gasteiger partial charge on any atom is 0.320 e. The molecule has 0 aromatic heterocycles. The Morgan fingerprint density at radius 1 is 1.17 bits per heavy atom. The van der Waals surface area contributed by atoms with Gasteiger partial charge in [-0.05, 0) is 24.6 Å². The van der Waals surface area contributed by atoms with Crippen molar-refractivity contribution in [2.45, 2.75) is 13.3 Å². The molecule has 0 unspecified atom stereocenters. The summed E-state index contributed by atoms with van der Waals surface area (Å²) in [7, 11) is 1.61. The molecule has 1 aromatic carbocycles. The third kappa shape index (κ3) is 5.25. The Bertz CT molecular complexity index is 539. The van der Waals surface area contributed by atoms with Crippen molar-refractivity contribution in [2.24, 2.45) is 0 Å². The molecule has 6 nitrogen and oxygen atoms in total. The molecule has 0 radical (unpaired) electrons. The minimum absolute atomic E-state index is 0.106. The van der Waals surface area contributed by atoms with Gasteiger partial charge in [-0.3, -0.25) is 14.5 Å². The Morgan fingerprint density at radius 2 is 1.91 bits per heavy atom. The molecule has 1 aromatic rings. The van der Waals surface area contributed by atoms with Gasteiger partial charge in [-0.15, -0.1) is 0 Å². The number of esters is 1. The van der Waals surface area contributed by atoms with Gasteiger partial charge in [0.15, 0.2) is 0 Å². The number of nitrogens with zero attached hydrogens (tertiary/aromatic N) is 2. The van der Waals surface area contributed by atoms with Gasteiger partial charge in [0.2, 0.25) is 5.91 Å². The number of ether oxygens (including phenoxy) is 2. The lowest BCUT2D eigenvalue weighted by Gasteiger charge is -2.34. The van der Waals surface area contributed by atoms with Crippen LogP contribution in [-0.2, 0) is 20.7 Å². The van der Waals surface area contributed by atoms with Gasteiger partial charge in [-0.25, -0.2) is 0 Å². The second-order valence-electron chi connectivity index (χ2n) is 5.49. The van der Waals surface area contributed by atoms with E-state index >= 15 is 0 Å². The molecule has 1 heterocycles. The third-order valence-electron chi connectivity index (χ3n) is 3.87. The second-order valence-corrected chi connectivity index (χ2v) is 5.49. The number of amides is 1. The minimum atomic E-state index is -0.205. The minimum Gasteiger partial charge on any atom is -0.497 e. The molecule has 0 aliphatic carbocycles. The summed E-state index contributed by atoms with van der Waals surface area (Å²) in [5, 5.41) is 0. The lowest BCUT2D eigenvalue weighted by Crippen LogP contribution is -2.50. The topological polar surface area (TPSA) is 59.1 Å². The van der Waals surface area contributed by atoms with E-state index in [0.29, 0.717) is 45.8 Å². The van der Waals surface area contributed by atoms with Crippen molar-refractivity contribution >= 4 is 11.9 Å². The van der Waals surface area contributed by atoms with Crippen LogP contribution in [0.2, 0.25) is 0 Å². The van der Waals surface area contributed by atoms with Crippen LogP contribution in [0.25, 0.3) is 0 Å². The van der Waals surface area contributed by atoms with Crippen molar-refractivity contribution in [3.8, 4) is 5.75 Å². The highest BCUT2D eigenvalue weighted by Crippen LogP contribution is 2.14. The van der Waals surface area contributed by atoms with Crippen LogP contribution in [0.3, 0.4) is 0 Å². The number of benzene rings is 1. The van der Waals surface area contributed by atoms with E-state index in [1.165, 1.54) is 0 Å². The normalized spacial score (nSPS) is 15.3. The molecular weight excluding hydrogens is 296 g/mol. The zero-order valence-corrected chi connectivity index (χ0v) is 13.8. The van der Waals surface area contributed by atoms with Crippen molar-refractivity contribution in [3.05, 3.63) is 29.8 Å². The molecule has 1 aliphatic rings. The van der Waals surface area contributed by atoms with Crippen molar-refractivity contribution in [1.82, 2.24) is 9.80 Å². The largest absolute Gasteiger partial charge is 0.497 e. The van der Waals surface area contributed by atoms with Gasteiger partial charge in [0.1, 0.15) is 5.75 Å². The highest BCUT2D eigenvalue weighted by Gasteiger charge is 2.22. The van der Waals surface area contributed by atoms with E-state index in [9.17, 15) is 9.59 Å². The number of methoxy groups -OCH3 is 1. The number of carbonyl (C=O) groups is 2. The summed E-state index contributed by atoms with van der Waals surface area (Å²) in [6.07, 6.45) is 0.370. The fourth-order valence-electron chi connectivity index (χ4n) is 2.61. The number of hydrogen-bond donors (Lipinski definition) is 0. The summed E-state index contributed by atoms with van der Waals surface area (Å²) < 4.78 is 10.1. The van der Waals surface area contributed by atoms with Crippen LogP contribution >= 0.6 is 0 Å². The van der Waals surface area contributed by atoms with Gasteiger partial charge >= 0.3 is 5.97 Å². The molecule has 1 saturated heterocycles. The van der Waals surface area contributed by atoms with Crippen molar-refractivity contribution in [3.63, 3.8) is 0 Å². The van der Waals surface area contributed by atoms with Crippen molar-refractivity contribution < 1.29 is 19.1 Å². The second kappa shape index (κ2) is 8.53. The molecule has 23 heavy (non-hydrogen) atoms. The van der Waals surface area contributed by atoms with Crippen LogP contribution < -0.4 is 4.74 Å². The van der Waals surface area contributed by atoms with Crippen LogP contribution in [-0.4, -0.2) is 68.1 Å². The Labute approximate surface area is 137 Å². The summed E-state index contributed by atoms with van der Waals surface area (Å²) in [5.74, 6) is 0.659. The molecule has 1 fully saturated rings. The highest BCUT2D eigenvalue weighted by atomic mass is 16.5. The fourth-order valence-corrected chi connectivity index (χ4v) is 2.61. The molecule has 6 heteroatoms. The Balaban J connectivity index is 1.80. The van der Waals surface area contributed by atoms with Gasteiger partial charge in [-0.2, -0.15) is 0 Å². The average Bonchev–Trinajstić information content (AvgIpc) is 2.56. The average molecular weight is 320 g/mol. The first-order valence-corrected chi connectivity index (χ1v) is 7.91. The first kappa shape index (κ1) is 17.3. The highest BCUT2D eigenvalue weighted by molar-refractivity contribution is 5.79. The smallest absolute Gasteiger partial charge is 0.320 e. The van der Waals surface area contributed by atoms with E-state index < -0.39 is 0 Å². The van der Waals surface area contributed by atoms with Crippen molar-refractivity contribution in [2.75, 3.05) is 46.4 Å². The first-order valence-electron chi connectivity index (χ1n) is 7.91. The van der Waals surface area contributed by atoms with E-state index in [0.717, 1.165) is 11.3 Å². The molecule has 0 spiro atoms. The molecule has 0 saturated carbocycles. The van der Waals surface area contributed by atoms with E-state index in [1.54, 1.807) is 14.0 Å². The van der Waals surface area contributed by atoms with Gasteiger partial charge in [-0.1, -0.05) is 12.1 Å². The monoisotopic (exact) mass is 320 g/mol. The zero-order chi connectivity index (χ0) is 16.7. The zero-order valence-electron chi connectivity index (χ0n) is 13.8. The number of piperazine rings is 1. The molecule has 2 rings (SSSR count). The first-order chi connectivity index (χ1) is 11.1. The van der Waals surface area contributed by atoms with E-state index in [2.05, 4.69) is 0 Å². The van der Waals surface area contributed by atoms with Gasteiger partial charge < -0.3 is 14.4 Å². The van der Waals surface area contributed by atoms with Gasteiger partial charge in [0.25, 0.3) is 0 Å². The maximum absolute atomic E-state index is 12.4. The van der Waals surface area contributed by atoms with Crippen LogP contribution in [0.5, 0.6) is 5.75 Å². The summed E-state index contributed by atoms with van der Waals surface area (Å²) >= 11 is 0. The van der Waals surface area contributed by atoms with Crippen LogP contribution in [0.1, 0.15) is 12.5 Å². The lowest BCUT2D eigenvalue weighted by molar-refractivity contribution is -0.145. The number of rotatable bonds is 6.